The highest BCUT2D eigenvalue weighted by Gasteiger charge is 2.45. The topological polar surface area (TPSA) is 62.4 Å². The van der Waals surface area contributed by atoms with Crippen LogP contribution in [-0.4, -0.2) is 41.4 Å². The van der Waals surface area contributed by atoms with Crippen molar-refractivity contribution < 1.29 is 5.11 Å². The van der Waals surface area contributed by atoms with Crippen molar-refractivity contribution in [1.82, 2.24) is 9.88 Å². The van der Waals surface area contributed by atoms with E-state index in [4.69, 9.17) is 5.73 Å². The second kappa shape index (κ2) is 7.39. The molecule has 0 saturated carbocycles. The van der Waals surface area contributed by atoms with Gasteiger partial charge in [0.1, 0.15) is 6.23 Å². The minimum absolute atomic E-state index is 0.259. The lowest BCUT2D eigenvalue weighted by Gasteiger charge is -2.43. The summed E-state index contributed by atoms with van der Waals surface area (Å²) in [5.74, 6) is 0.328. The second-order valence-corrected chi connectivity index (χ2v) is 6.83. The molecule has 4 atom stereocenters. The summed E-state index contributed by atoms with van der Waals surface area (Å²) in [5, 5.41) is 10.7. The van der Waals surface area contributed by atoms with E-state index in [2.05, 4.69) is 56.1 Å². The van der Waals surface area contributed by atoms with Crippen molar-refractivity contribution >= 4 is 0 Å². The van der Waals surface area contributed by atoms with Gasteiger partial charge >= 0.3 is 0 Å². The first-order valence-electron chi connectivity index (χ1n) is 8.28. The Hall–Kier alpha value is -1.49. The number of nitrogens with zero attached hydrogens (tertiary/aromatic N) is 2. The van der Waals surface area contributed by atoms with Gasteiger partial charge in [-0.25, -0.2) is 0 Å². The fourth-order valence-corrected chi connectivity index (χ4v) is 3.42. The summed E-state index contributed by atoms with van der Waals surface area (Å²) in [5.41, 5.74) is 7.52. The van der Waals surface area contributed by atoms with Crippen LogP contribution in [0.25, 0.3) is 0 Å². The minimum atomic E-state index is -1.00. The summed E-state index contributed by atoms with van der Waals surface area (Å²) in [6, 6.07) is 6.09. The molecule has 4 heteroatoms. The molecule has 3 N–H and O–H groups in total. The van der Waals surface area contributed by atoms with Crippen LogP contribution in [0, 0.1) is 5.92 Å². The molecule has 4 unspecified atom stereocenters. The van der Waals surface area contributed by atoms with Gasteiger partial charge in [0, 0.05) is 12.2 Å². The fraction of sp³-hybridized carbons (Fsp3) is 0.526. The lowest BCUT2D eigenvalue weighted by atomic mass is 9.65. The van der Waals surface area contributed by atoms with E-state index in [-0.39, 0.29) is 6.04 Å². The molecular weight excluding hydrogens is 286 g/mol. The molecule has 2 rings (SSSR count). The smallest absolute Gasteiger partial charge is 0.117 e. The monoisotopic (exact) mass is 315 g/mol. The van der Waals surface area contributed by atoms with E-state index in [9.17, 15) is 5.11 Å². The van der Waals surface area contributed by atoms with Crippen LogP contribution >= 0.6 is 0 Å². The fourth-order valence-electron chi connectivity index (χ4n) is 3.42. The molecule has 1 aliphatic rings. The van der Waals surface area contributed by atoms with Crippen LogP contribution in [0.3, 0.4) is 0 Å². The molecule has 1 aromatic rings. The number of rotatable bonds is 6. The predicted molar refractivity (Wildman–Crippen MR) is 94.9 cm³/mol. The largest absolute Gasteiger partial charge is 0.377 e. The van der Waals surface area contributed by atoms with Gasteiger partial charge < -0.3 is 15.7 Å². The van der Waals surface area contributed by atoms with E-state index in [1.54, 1.807) is 6.20 Å². The molecule has 1 heterocycles. The maximum atomic E-state index is 10.7. The first-order chi connectivity index (χ1) is 10.9. The Balaban J connectivity index is 2.60. The summed E-state index contributed by atoms with van der Waals surface area (Å²) >= 11 is 0. The Kier molecular flexibility index (Phi) is 5.74. The van der Waals surface area contributed by atoms with E-state index in [1.165, 1.54) is 5.57 Å². The summed E-state index contributed by atoms with van der Waals surface area (Å²) in [6.07, 6.45) is 8.80. The molecule has 0 fully saturated rings. The Labute approximate surface area is 139 Å². The maximum absolute atomic E-state index is 10.7. The Morgan fingerprint density at radius 2 is 2.17 bits per heavy atom. The third-order valence-electron chi connectivity index (χ3n) is 5.07. The van der Waals surface area contributed by atoms with Crippen LogP contribution in [0.4, 0.5) is 0 Å². The lowest BCUT2D eigenvalue weighted by molar-refractivity contribution is 0.0754. The van der Waals surface area contributed by atoms with E-state index in [0.717, 1.165) is 18.5 Å². The molecule has 4 nitrogen and oxygen atoms in total. The van der Waals surface area contributed by atoms with Gasteiger partial charge in [-0.3, -0.25) is 4.98 Å². The maximum Gasteiger partial charge on any atom is 0.117 e. The molecule has 0 saturated heterocycles. The highest BCUT2D eigenvalue weighted by atomic mass is 16.3. The second-order valence-electron chi connectivity index (χ2n) is 6.83. The third kappa shape index (κ3) is 3.55. The molecule has 23 heavy (non-hydrogen) atoms. The average Bonchev–Trinajstić information content (AvgIpc) is 2.53. The van der Waals surface area contributed by atoms with Crippen molar-refractivity contribution in [3.05, 3.63) is 53.9 Å². The quantitative estimate of drug-likeness (QED) is 0.792. The average molecular weight is 315 g/mol. The summed E-state index contributed by atoms with van der Waals surface area (Å²) in [6.45, 7) is 4.35. The molecule has 1 aliphatic carbocycles. The van der Waals surface area contributed by atoms with Crippen molar-refractivity contribution in [2.75, 3.05) is 14.1 Å². The highest BCUT2D eigenvalue weighted by molar-refractivity contribution is 5.39. The van der Waals surface area contributed by atoms with Gasteiger partial charge in [-0.05, 0) is 51.9 Å². The number of aliphatic hydroxyl groups excluding tert-OH is 1. The molecule has 0 radical (unpaired) electrons. The Morgan fingerprint density at radius 3 is 2.70 bits per heavy atom. The zero-order chi connectivity index (χ0) is 17.0. The zero-order valence-corrected chi connectivity index (χ0v) is 14.6. The molecule has 0 aliphatic heterocycles. The van der Waals surface area contributed by atoms with Gasteiger partial charge in [0.25, 0.3) is 0 Å². The highest BCUT2D eigenvalue weighted by Crippen LogP contribution is 2.43. The summed E-state index contributed by atoms with van der Waals surface area (Å²) < 4.78 is 0. The van der Waals surface area contributed by atoms with Crippen LogP contribution in [0.15, 0.2) is 48.2 Å². The van der Waals surface area contributed by atoms with Gasteiger partial charge in [-0.2, -0.15) is 0 Å². The van der Waals surface area contributed by atoms with Crippen molar-refractivity contribution in [2.45, 2.75) is 44.4 Å². The Bertz CT molecular complexity index is 565. The number of aromatic nitrogens is 1. The predicted octanol–water partition coefficient (Wildman–Crippen LogP) is 2.46. The SMILES string of the molecule is CC1CC=CC=C1C(CC(C)N(C)C)(c1ccccn1)C(N)O. The van der Waals surface area contributed by atoms with Gasteiger partial charge in [0.05, 0.1) is 11.1 Å². The van der Waals surface area contributed by atoms with Gasteiger partial charge in [-0.1, -0.05) is 36.8 Å². The van der Waals surface area contributed by atoms with E-state index < -0.39 is 11.6 Å². The van der Waals surface area contributed by atoms with Crippen LogP contribution in [0.1, 0.15) is 32.4 Å². The zero-order valence-electron chi connectivity index (χ0n) is 14.6. The van der Waals surface area contributed by atoms with Crippen molar-refractivity contribution in [3.63, 3.8) is 0 Å². The summed E-state index contributed by atoms with van der Waals surface area (Å²) in [4.78, 5) is 6.73. The van der Waals surface area contributed by atoms with E-state index in [0.29, 0.717) is 5.92 Å². The number of hydrogen-bond donors (Lipinski definition) is 2. The molecule has 0 spiro atoms. The molecule has 1 aromatic heterocycles. The van der Waals surface area contributed by atoms with Gasteiger partial charge in [0.2, 0.25) is 0 Å². The van der Waals surface area contributed by atoms with Crippen LogP contribution in [-0.2, 0) is 5.41 Å². The van der Waals surface area contributed by atoms with Gasteiger partial charge in [0.15, 0.2) is 0 Å². The molecule has 0 amide bonds. The number of hydrogen-bond acceptors (Lipinski definition) is 4. The number of allylic oxidation sites excluding steroid dienone is 3. The molecule has 126 valence electrons. The van der Waals surface area contributed by atoms with Crippen molar-refractivity contribution in [3.8, 4) is 0 Å². The number of pyridine rings is 1. The minimum Gasteiger partial charge on any atom is -0.377 e. The van der Waals surface area contributed by atoms with Crippen molar-refractivity contribution in [2.24, 2.45) is 11.7 Å². The number of nitrogens with two attached hydrogens (primary N) is 1. The Morgan fingerprint density at radius 1 is 1.43 bits per heavy atom. The van der Waals surface area contributed by atoms with Gasteiger partial charge in [-0.15, -0.1) is 0 Å². The van der Waals surface area contributed by atoms with Crippen LogP contribution in [0.5, 0.6) is 0 Å². The standard InChI is InChI=1S/C19H29N3O/c1-14-9-5-6-10-16(14)19(18(20)23,13-15(2)22(3)4)17-11-7-8-12-21-17/h5-8,10-12,14-15,18,23H,9,13,20H2,1-4H3. The first-order valence-corrected chi connectivity index (χ1v) is 8.28. The normalized spacial score (nSPS) is 23.3. The van der Waals surface area contributed by atoms with E-state index >= 15 is 0 Å². The lowest BCUT2D eigenvalue weighted by Crippen LogP contribution is -2.52. The first kappa shape index (κ1) is 17.9. The van der Waals surface area contributed by atoms with Crippen LogP contribution < -0.4 is 5.73 Å². The molecular formula is C19H29N3O. The van der Waals surface area contributed by atoms with E-state index in [1.807, 2.05) is 18.2 Å². The molecule has 0 aromatic carbocycles. The third-order valence-corrected chi connectivity index (χ3v) is 5.07. The molecule has 0 bridgehead atoms. The summed E-state index contributed by atoms with van der Waals surface area (Å²) in [7, 11) is 4.10. The van der Waals surface area contributed by atoms with Crippen molar-refractivity contribution in [1.29, 1.82) is 0 Å². The van der Waals surface area contributed by atoms with Crippen LogP contribution in [0.2, 0.25) is 0 Å². The number of aliphatic hydroxyl groups is 1.